The fourth-order valence-corrected chi connectivity index (χ4v) is 3.36. The van der Waals surface area contributed by atoms with Crippen molar-refractivity contribution in [1.29, 1.82) is 0 Å². The number of nitrogens with zero attached hydrogens (tertiary/aromatic N) is 1. The van der Waals surface area contributed by atoms with E-state index in [1.54, 1.807) is 0 Å². The molecule has 0 aromatic carbocycles. The van der Waals surface area contributed by atoms with Gasteiger partial charge in [-0.15, -0.1) is 0 Å². The molecule has 0 aliphatic rings. The molecular weight excluding hydrogens is 340 g/mol. The van der Waals surface area contributed by atoms with Gasteiger partial charge in [-0.3, -0.25) is 9.35 Å². The van der Waals surface area contributed by atoms with Crippen LogP contribution >= 0.6 is 0 Å². The summed E-state index contributed by atoms with van der Waals surface area (Å²) in [5.74, 6) is -0.222. The maximum Gasteiger partial charge on any atom is 0.264 e. The minimum atomic E-state index is -3.78. The van der Waals surface area contributed by atoms with E-state index in [9.17, 15) is 13.2 Å². The van der Waals surface area contributed by atoms with Crippen molar-refractivity contribution < 1.29 is 22.2 Å². The van der Waals surface area contributed by atoms with Crippen LogP contribution in [0, 0.1) is 0 Å². The van der Waals surface area contributed by atoms with Crippen LogP contribution in [0.5, 0.6) is 0 Å². The van der Waals surface area contributed by atoms with Crippen LogP contribution in [0.25, 0.3) is 0 Å². The highest BCUT2D eigenvalue weighted by molar-refractivity contribution is 7.85. The first-order valence-corrected chi connectivity index (χ1v) is 10.9. The van der Waals surface area contributed by atoms with Crippen LogP contribution < -0.4 is 5.32 Å². The van der Waals surface area contributed by atoms with Crippen LogP contribution in [0.3, 0.4) is 0 Å². The van der Waals surface area contributed by atoms with Crippen molar-refractivity contribution in [3.63, 3.8) is 0 Å². The maximum atomic E-state index is 11.1. The summed E-state index contributed by atoms with van der Waals surface area (Å²) in [4.78, 5) is 11.1. The van der Waals surface area contributed by atoms with E-state index in [0.717, 1.165) is 43.3 Å². The average molecular weight is 378 g/mol. The van der Waals surface area contributed by atoms with E-state index in [0.29, 0.717) is 13.0 Å². The summed E-state index contributed by atoms with van der Waals surface area (Å²) in [5.41, 5.74) is 0. The second-order valence-corrected chi connectivity index (χ2v) is 8.92. The number of carbonyl (C=O) groups excluding carboxylic acids is 1. The molecule has 0 rings (SSSR count). The van der Waals surface area contributed by atoms with Crippen LogP contribution in [0.1, 0.15) is 57.8 Å². The van der Waals surface area contributed by atoms with E-state index < -0.39 is 10.1 Å². The number of unbranched alkanes of at least 4 members (excludes halogenated alkanes) is 7. The molecule has 0 saturated carbocycles. The predicted molar refractivity (Wildman–Crippen MR) is 103 cm³/mol. The van der Waals surface area contributed by atoms with Gasteiger partial charge >= 0.3 is 0 Å². The molecule has 2 N–H and O–H groups in total. The minimum absolute atomic E-state index is 0.108. The number of carbonyl (C=O) groups is 1. The van der Waals surface area contributed by atoms with E-state index in [2.05, 4.69) is 26.0 Å². The monoisotopic (exact) mass is 377 g/mol. The number of nitrogens with one attached hydrogen (secondary N) is 1. The zero-order chi connectivity index (χ0) is 19.2. The lowest BCUT2D eigenvalue weighted by atomic mass is 10.1. The van der Waals surface area contributed by atoms with Gasteiger partial charge in [-0.1, -0.05) is 38.7 Å². The zero-order valence-electron chi connectivity index (χ0n) is 16.0. The van der Waals surface area contributed by atoms with Crippen LogP contribution in [0.4, 0.5) is 0 Å². The fraction of sp³-hybridized carbons (Fsp3) is 0.833. The summed E-state index contributed by atoms with van der Waals surface area (Å²) in [5, 5.41) is 2.80. The van der Waals surface area contributed by atoms with Crippen LogP contribution in [-0.4, -0.2) is 62.8 Å². The number of quaternary nitrogens is 1. The molecule has 0 fully saturated rings. The van der Waals surface area contributed by atoms with Crippen molar-refractivity contribution in [2.75, 3.05) is 39.5 Å². The molecular formula is C18H37N2O4S+. The molecule has 0 aliphatic heterocycles. The molecule has 0 aromatic rings. The van der Waals surface area contributed by atoms with Gasteiger partial charge < -0.3 is 9.80 Å². The SMILES string of the molecule is C=CC(=O)NCCC[N+](C)(C)CCCCCCCCCCS(=O)(=O)O. The Morgan fingerprint density at radius 1 is 0.960 bits per heavy atom. The number of amides is 1. The largest absolute Gasteiger partial charge is 0.352 e. The van der Waals surface area contributed by atoms with Gasteiger partial charge in [0.15, 0.2) is 0 Å². The summed E-state index contributed by atoms with van der Waals surface area (Å²) < 4.78 is 30.8. The van der Waals surface area contributed by atoms with E-state index in [1.807, 2.05) is 0 Å². The second kappa shape index (κ2) is 13.3. The highest BCUT2D eigenvalue weighted by atomic mass is 32.2. The third-order valence-corrected chi connectivity index (χ3v) is 5.15. The highest BCUT2D eigenvalue weighted by Crippen LogP contribution is 2.11. The molecule has 25 heavy (non-hydrogen) atoms. The zero-order valence-corrected chi connectivity index (χ0v) is 16.8. The van der Waals surface area contributed by atoms with Gasteiger partial charge in [0.05, 0.1) is 32.9 Å². The molecule has 7 heteroatoms. The lowest BCUT2D eigenvalue weighted by molar-refractivity contribution is -0.890. The van der Waals surface area contributed by atoms with Crippen molar-refractivity contribution >= 4 is 16.0 Å². The van der Waals surface area contributed by atoms with Gasteiger partial charge in [-0.25, -0.2) is 0 Å². The summed E-state index contributed by atoms with van der Waals surface area (Å²) in [6.45, 7) is 6.32. The first-order chi connectivity index (χ1) is 11.7. The Kier molecular flexibility index (Phi) is 12.8. The Labute approximate surface area is 154 Å². The number of hydrogen-bond acceptors (Lipinski definition) is 3. The van der Waals surface area contributed by atoms with Gasteiger partial charge in [-0.2, -0.15) is 8.42 Å². The molecule has 0 radical (unpaired) electrons. The van der Waals surface area contributed by atoms with Crippen molar-refractivity contribution in [2.45, 2.75) is 57.8 Å². The van der Waals surface area contributed by atoms with Crippen molar-refractivity contribution in [1.82, 2.24) is 5.32 Å². The molecule has 0 saturated heterocycles. The first-order valence-electron chi connectivity index (χ1n) is 9.34. The lowest BCUT2D eigenvalue weighted by Crippen LogP contribution is -2.42. The van der Waals surface area contributed by atoms with E-state index >= 15 is 0 Å². The molecule has 0 heterocycles. The van der Waals surface area contributed by atoms with Crippen molar-refractivity contribution in [2.24, 2.45) is 0 Å². The Morgan fingerprint density at radius 2 is 1.44 bits per heavy atom. The number of hydrogen-bond donors (Lipinski definition) is 2. The molecule has 0 aromatic heterocycles. The number of rotatable bonds is 16. The van der Waals surface area contributed by atoms with E-state index in [-0.39, 0.29) is 11.7 Å². The molecule has 0 bridgehead atoms. The van der Waals surface area contributed by atoms with Gasteiger partial charge in [0.25, 0.3) is 10.1 Å². The lowest BCUT2D eigenvalue weighted by Gasteiger charge is -2.30. The second-order valence-electron chi connectivity index (χ2n) is 7.35. The van der Waals surface area contributed by atoms with E-state index in [4.69, 9.17) is 4.55 Å². The summed E-state index contributed by atoms with van der Waals surface area (Å²) >= 11 is 0. The topological polar surface area (TPSA) is 83.5 Å². The van der Waals surface area contributed by atoms with Gasteiger partial charge in [0, 0.05) is 13.0 Å². The molecule has 0 unspecified atom stereocenters. The summed E-state index contributed by atoms with van der Waals surface area (Å²) in [6.07, 6.45) is 10.7. The standard InChI is InChI=1S/C18H36N2O4S/c1-4-18(21)19-14-13-16-20(2,3)15-11-9-7-5-6-8-10-12-17-25(22,23)24/h4H,1,5-17H2,2-3H3,(H-,19,21,22,23,24)/p+1. The quantitative estimate of drug-likeness (QED) is 0.187. The average Bonchev–Trinajstić information content (AvgIpc) is 2.52. The first kappa shape index (κ1) is 24.1. The van der Waals surface area contributed by atoms with Gasteiger partial charge in [-0.05, 0) is 25.3 Å². The molecule has 0 aliphatic carbocycles. The highest BCUT2D eigenvalue weighted by Gasteiger charge is 2.13. The van der Waals surface area contributed by atoms with Crippen molar-refractivity contribution in [3.8, 4) is 0 Å². The Bertz CT molecular complexity index is 475. The van der Waals surface area contributed by atoms with Crippen LogP contribution in [0.15, 0.2) is 12.7 Å². The van der Waals surface area contributed by atoms with Gasteiger partial charge in [0.2, 0.25) is 5.91 Å². The third kappa shape index (κ3) is 17.7. The Morgan fingerprint density at radius 3 is 1.96 bits per heavy atom. The normalized spacial score (nSPS) is 12.1. The maximum absolute atomic E-state index is 11.1. The van der Waals surface area contributed by atoms with E-state index in [1.165, 1.54) is 31.8 Å². The molecule has 0 atom stereocenters. The summed E-state index contributed by atoms with van der Waals surface area (Å²) in [7, 11) is 0.670. The Balaban J connectivity index is 3.47. The van der Waals surface area contributed by atoms with Crippen molar-refractivity contribution in [3.05, 3.63) is 12.7 Å². The van der Waals surface area contributed by atoms with Crippen LogP contribution in [0.2, 0.25) is 0 Å². The predicted octanol–water partition coefficient (Wildman–Crippen LogP) is 2.76. The van der Waals surface area contributed by atoms with Gasteiger partial charge in [0.1, 0.15) is 0 Å². The molecule has 1 amide bonds. The third-order valence-electron chi connectivity index (χ3n) is 4.34. The smallest absolute Gasteiger partial charge is 0.264 e. The molecule has 148 valence electrons. The summed E-state index contributed by atoms with van der Waals surface area (Å²) in [6, 6.07) is 0. The fourth-order valence-electron chi connectivity index (χ4n) is 2.79. The Hall–Kier alpha value is -0.920. The molecule has 6 nitrogen and oxygen atoms in total. The molecule has 0 spiro atoms. The minimum Gasteiger partial charge on any atom is -0.352 e. The van der Waals surface area contributed by atoms with Crippen LogP contribution in [-0.2, 0) is 14.9 Å².